The van der Waals surface area contributed by atoms with E-state index in [0.717, 1.165) is 18.2 Å². The Labute approximate surface area is 173 Å². The number of rotatable bonds is 6. The van der Waals surface area contributed by atoms with Crippen molar-refractivity contribution in [3.63, 3.8) is 0 Å². The van der Waals surface area contributed by atoms with E-state index in [1.807, 2.05) is 18.2 Å². The molecule has 1 N–H and O–H groups in total. The molecule has 4 saturated carbocycles. The van der Waals surface area contributed by atoms with Crippen LogP contribution in [-0.4, -0.2) is 5.54 Å². The van der Waals surface area contributed by atoms with Crippen LogP contribution >= 0.6 is 0 Å². The molecule has 4 aliphatic rings. The van der Waals surface area contributed by atoms with Gasteiger partial charge in [0.25, 0.3) is 0 Å². The standard InChI is InChI=1S/C26H32FNO/c1-24-11-20-12-25(2,16-24)18-26(13-20,17-24)28-14-19-6-5-8-22(10-19)29-15-21-7-3-4-9-23(21)27/h3-10,20,28H,11-18H2,1-2H3. The maximum absolute atomic E-state index is 13.8. The summed E-state index contributed by atoms with van der Waals surface area (Å²) in [5.74, 6) is 1.48. The second-order valence-corrected chi connectivity index (χ2v) is 10.8. The normalized spacial score (nSPS) is 35.1. The fraction of sp³-hybridized carbons (Fsp3) is 0.538. The molecule has 0 aromatic heterocycles. The Morgan fingerprint density at radius 3 is 2.45 bits per heavy atom. The Kier molecular flexibility index (Phi) is 4.51. The number of halogens is 1. The van der Waals surface area contributed by atoms with E-state index in [9.17, 15) is 4.39 Å². The van der Waals surface area contributed by atoms with Crippen molar-refractivity contribution in [2.75, 3.05) is 0 Å². The first-order valence-corrected chi connectivity index (χ1v) is 11.0. The van der Waals surface area contributed by atoms with E-state index in [1.54, 1.807) is 12.1 Å². The maximum atomic E-state index is 13.8. The van der Waals surface area contributed by atoms with Gasteiger partial charge in [-0.25, -0.2) is 4.39 Å². The largest absolute Gasteiger partial charge is 0.489 e. The Balaban J connectivity index is 1.25. The average molecular weight is 394 g/mol. The minimum atomic E-state index is -0.214. The Morgan fingerprint density at radius 1 is 0.966 bits per heavy atom. The van der Waals surface area contributed by atoms with Gasteiger partial charge in [0.2, 0.25) is 0 Å². The highest BCUT2D eigenvalue weighted by atomic mass is 19.1. The number of benzene rings is 2. The van der Waals surface area contributed by atoms with Crippen LogP contribution < -0.4 is 10.1 Å². The molecule has 0 saturated heterocycles. The molecule has 2 nitrogen and oxygen atoms in total. The molecular formula is C26H32FNO. The van der Waals surface area contributed by atoms with Gasteiger partial charge in [-0.15, -0.1) is 0 Å². The molecule has 2 aromatic carbocycles. The average Bonchev–Trinajstić information content (AvgIpc) is 2.63. The van der Waals surface area contributed by atoms with Gasteiger partial charge in [0.1, 0.15) is 18.2 Å². The molecule has 2 unspecified atom stereocenters. The van der Waals surface area contributed by atoms with Crippen LogP contribution in [0.25, 0.3) is 0 Å². The Hall–Kier alpha value is -1.87. The molecule has 154 valence electrons. The van der Waals surface area contributed by atoms with Crippen molar-refractivity contribution < 1.29 is 9.13 Å². The van der Waals surface area contributed by atoms with Crippen LogP contribution in [0.4, 0.5) is 4.39 Å². The second-order valence-electron chi connectivity index (χ2n) is 10.8. The lowest BCUT2D eigenvalue weighted by Crippen LogP contribution is -2.63. The van der Waals surface area contributed by atoms with Crippen LogP contribution in [0.15, 0.2) is 48.5 Å². The van der Waals surface area contributed by atoms with Crippen molar-refractivity contribution in [2.24, 2.45) is 16.7 Å². The van der Waals surface area contributed by atoms with Crippen LogP contribution in [0.1, 0.15) is 63.5 Å². The summed E-state index contributed by atoms with van der Waals surface area (Å²) >= 11 is 0. The van der Waals surface area contributed by atoms with Gasteiger partial charge in [0.15, 0.2) is 0 Å². The smallest absolute Gasteiger partial charge is 0.129 e. The Bertz CT molecular complexity index is 891. The molecule has 0 spiro atoms. The minimum absolute atomic E-state index is 0.214. The van der Waals surface area contributed by atoms with Crippen molar-refractivity contribution in [3.05, 3.63) is 65.5 Å². The van der Waals surface area contributed by atoms with E-state index in [1.165, 1.54) is 50.2 Å². The van der Waals surface area contributed by atoms with Crippen molar-refractivity contribution in [1.29, 1.82) is 0 Å². The van der Waals surface area contributed by atoms with E-state index in [-0.39, 0.29) is 12.4 Å². The van der Waals surface area contributed by atoms with Gasteiger partial charge in [0.05, 0.1) is 0 Å². The second kappa shape index (κ2) is 6.84. The quantitative estimate of drug-likeness (QED) is 0.627. The zero-order valence-corrected chi connectivity index (χ0v) is 17.6. The molecule has 29 heavy (non-hydrogen) atoms. The lowest BCUT2D eigenvalue weighted by atomic mass is 9.43. The molecule has 0 radical (unpaired) electrons. The third-order valence-corrected chi connectivity index (χ3v) is 7.54. The third-order valence-electron chi connectivity index (χ3n) is 7.54. The molecule has 4 fully saturated rings. The fourth-order valence-electron chi connectivity index (χ4n) is 7.46. The fourth-order valence-corrected chi connectivity index (χ4v) is 7.46. The number of hydrogen-bond donors (Lipinski definition) is 1. The highest BCUT2D eigenvalue weighted by Gasteiger charge is 2.59. The molecule has 4 aliphatic carbocycles. The summed E-state index contributed by atoms with van der Waals surface area (Å²) in [6.45, 7) is 6.16. The van der Waals surface area contributed by atoms with Crippen LogP contribution in [0, 0.1) is 22.6 Å². The van der Waals surface area contributed by atoms with E-state index in [4.69, 9.17) is 4.74 Å². The molecule has 4 bridgehead atoms. The molecule has 2 aromatic rings. The molecular weight excluding hydrogens is 361 g/mol. The van der Waals surface area contributed by atoms with Crippen LogP contribution in [-0.2, 0) is 13.2 Å². The predicted octanol–water partition coefficient (Wildman–Crippen LogP) is 6.24. The number of nitrogens with one attached hydrogen (secondary N) is 1. The minimum Gasteiger partial charge on any atom is -0.489 e. The van der Waals surface area contributed by atoms with Crippen LogP contribution in [0.3, 0.4) is 0 Å². The van der Waals surface area contributed by atoms with E-state index >= 15 is 0 Å². The van der Waals surface area contributed by atoms with Crippen molar-refractivity contribution in [2.45, 2.75) is 71.1 Å². The van der Waals surface area contributed by atoms with E-state index in [2.05, 4.69) is 31.3 Å². The molecule has 0 amide bonds. The topological polar surface area (TPSA) is 21.3 Å². The lowest BCUT2D eigenvalue weighted by Gasteiger charge is -2.65. The lowest BCUT2D eigenvalue weighted by molar-refractivity contribution is -0.118. The first-order valence-electron chi connectivity index (χ1n) is 11.0. The van der Waals surface area contributed by atoms with Crippen molar-refractivity contribution in [1.82, 2.24) is 5.32 Å². The highest BCUT2D eigenvalue weighted by Crippen LogP contribution is 2.66. The molecule has 6 rings (SSSR count). The maximum Gasteiger partial charge on any atom is 0.129 e. The monoisotopic (exact) mass is 393 g/mol. The van der Waals surface area contributed by atoms with Crippen molar-refractivity contribution in [3.8, 4) is 5.75 Å². The molecule has 0 heterocycles. The first-order chi connectivity index (χ1) is 13.8. The van der Waals surface area contributed by atoms with Gasteiger partial charge in [-0.2, -0.15) is 0 Å². The zero-order valence-electron chi connectivity index (χ0n) is 17.6. The number of ether oxygens (including phenoxy) is 1. The summed E-state index contributed by atoms with van der Waals surface area (Å²) in [5.41, 5.74) is 3.17. The van der Waals surface area contributed by atoms with E-state index in [0.29, 0.717) is 21.9 Å². The van der Waals surface area contributed by atoms with Gasteiger partial charge in [-0.3, -0.25) is 0 Å². The van der Waals surface area contributed by atoms with Gasteiger partial charge < -0.3 is 10.1 Å². The molecule has 3 heteroatoms. The summed E-state index contributed by atoms with van der Waals surface area (Å²) in [6, 6.07) is 15.0. The van der Waals surface area contributed by atoms with Gasteiger partial charge >= 0.3 is 0 Å². The zero-order chi connectivity index (χ0) is 20.1. The van der Waals surface area contributed by atoms with E-state index < -0.39 is 0 Å². The third kappa shape index (κ3) is 3.82. The van der Waals surface area contributed by atoms with Gasteiger partial charge in [0, 0.05) is 17.6 Å². The first kappa shape index (κ1) is 19.1. The van der Waals surface area contributed by atoms with Gasteiger partial charge in [-0.05, 0) is 79.0 Å². The van der Waals surface area contributed by atoms with Crippen LogP contribution in [0.5, 0.6) is 5.75 Å². The van der Waals surface area contributed by atoms with Crippen LogP contribution in [0.2, 0.25) is 0 Å². The van der Waals surface area contributed by atoms with Crippen molar-refractivity contribution >= 4 is 0 Å². The summed E-state index contributed by atoms with van der Waals surface area (Å²) < 4.78 is 19.7. The van der Waals surface area contributed by atoms with Gasteiger partial charge in [-0.1, -0.05) is 44.2 Å². The predicted molar refractivity (Wildman–Crippen MR) is 114 cm³/mol. The molecule has 2 atom stereocenters. The highest BCUT2D eigenvalue weighted by molar-refractivity contribution is 5.29. The summed E-state index contributed by atoms with van der Waals surface area (Å²) in [7, 11) is 0. The SMILES string of the molecule is CC12CC3CC(C)(C1)CC(NCc1cccc(OCc4ccccc4F)c1)(C3)C2. The number of hydrogen-bond acceptors (Lipinski definition) is 2. The Morgan fingerprint density at radius 2 is 1.72 bits per heavy atom. The molecule has 0 aliphatic heterocycles. The summed E-state index contributed by atoms with van der Waals surface area (Å²) in [6.07, 6.45) is 8.21. The summed E-state index contributed by atoms with van der Waals surface area (Å²) in [4.78, 5) is 0. The summed E-state index contributed by atoms with van der Waals surface area (Å²) in [5, 5.41) is 3.99.